The molecule has 12 heteroatoms. The van der Waals surface area contributed by atoms with Crippen molar-refractivity contribution in [1.29, 1.82) is 0 Å². The normalized spacial score (nSPS) is 11.7. The summed E-state index contributed by atoms with van der Waals surface area (Å²) < 4.78 is 11.0. The van der Waals surface area contributed by atoms with Crippen molar-refractivity contribution in [2.45, 2.75) is 26.2 Å². The topological polar surface area (TPSA) is 108 Å². The van der Waals surface area contributed by atoms with Crippen LogP contribution >= 0.6 is 12.2 Å². The van der Waals surface area contributed by atoms with Crippen LogP contribution in [0.2, 0.25) is 0 Å². The summed E-state index contributed by atoms with van der Waals surface area (Å²) in [6.45, 7) is 13.5. The van der Waals surface area contributed by atoms with E-state index in [4.69, 9.17) is 10.9 Å². The molecular formula is C18H21N9O2S. The molecule has 1 N–H and O–H groups in total. The molecule has 30 heavy (non-hydrogen) atoms. The number of aryl methyl sites for hydroxylation is 1. The first-order valence-electron chi connectivity index (χ1n) is 8.85. The van der Waals surface area contributed by atoms with Gasteiger partial charge < -0.3 is 0 Å². The number of anilines is 1. The molecule has 11 nitrogen and oxygen atoms in total. The monoisotopic (exact) mass is 427 g/mol. The fraction of sp³-hybridized carbons (Fsp3) is 0.333. The molecule has 0 aliphatic rings. The fourth-order valence-electron chi connectivity index (χ4n) is 2.57. The minimum atomic E-state index is -0.303. The third-order valence-electron chi connectivity index (χ3n) is 3.93. The molecule has 0 saturated heterocycles. The van der Waals surface area contributed by atoms with Gasteiger partial charge in [0.25, 0.3) is 5.69 Å². The summed E-state index contributed by atoms with van der Waals surface area (Å²) in [6, 6.07) is 5.40. The number of rotatable bonds is 7. The average Bonchev–Trinajstić information content (AvgIpc) is 3.28. The molecule has 0 bridgehead atoms. The molecule has 0 unspecified atom stereocenters. The van der Waals surface area contributed by atoms with Crippen molar-refractivity contribution >= 4 is 35.2 Å². The van der Waals surface area contributed by atoms with Crippen molar-refractivity contribution in [3.63, 3.8) is 0 Å². The summed E-state index contributed by atoms with van der Waals surface area (Å²) in [5.41, 5.74) is 1.20. The van der Waals surface area contributed by atoms with Crippen LogP contribution in [-0.4, -0.2) is 31.7 Å². The second-order valence-electron chi connectivity index (χ2n) is 7.10. The Kier molecular flexibility index (Phi) is 6.46. The number of nitrogens with zero attached hydrogens (tertiary/aromatic N) is 8. The summed E-state index contributed by atoms with van der Waals surface area (Å²) >= 11 is 0.879. The number of azo groups is 1. The Morgan fingerprint density at radius 2 is 2.07 bits per heavy atom. The SMILES string of the molecule is [C-]#[N+]c1cnn(-c2ccccn2)c1N=Nc1c(C(C)(C)C)nn(C)c1NSOOC. The summed E-state index contributed by atoms with van der Waals surface area (Å²) in [5, 5.41) is 17.6. The van der Waals surface area contributed by atoms with Gasteiger partial charge in [-0.1, -0.05) is 26.8 Å². The summed E-state index contributed by atoms with van der Waals surface area (Å²) in [5.74, 6) is 1.38. The van der Waals surface area contributed by atoms with E-state index in [-0.39, 0.29) is 16.9 Å². The van der Waals surface area contributed by atoms with Gasteiger partial charge in [0.2, 0.25) is 0 Å². The molecule has 3 aromatic rings. The van der Waals surface area contributed by atoms with Crippen LogP contribution in [0.5, 0.6) is 0 Å². The Balaban J connectivity index is 2.08. The molecule has 0 radical (unpaired) electrons. The lowest BCUT2D eigenvalue weighted by molar-refractivity contribution is -0.159. The fourth-order valence-corrected chi connectivity index (χ4v) is 2.98. The van der Waals surface area contributed by atoms with Gasteiger partial charge in [-0.3, -0.25) is 4.72 Å². The maximum Gasteiger partial charge on any atom is 0.252 e. The van der Waals surface area contributed by atoms with E-state index in [9.17, 15) is 0 Å². The average molecular weight is 427 g/mol. The van der Waals surface area contributed by atoms with Crippen LogP contribution < -0.4 is 4.72 Å². The highest BCUT2D eigenvalue weighted by Crippen LogP contribution is 2.40. The predicted octanol–water partition coefficient (Wildman–Crippen LogP) is 4.82. The first-order chi connectivity index (χ1) is 14.4. The van der Waals surface area contributed by atoms with Crippen molar-refractivity contribution in [2.24, 2.45) is 17.3 Å². The first kappa shape index (κ1) is 21.4. The molecule has 0 amide bonds. The largest absolute Gasteiger partial charge is 0.287 e. The van der Waals surface area contributed by atoms with Crippen molar-refractivity contribution in [3.8, 4) is 5.82 Å². The third kappa shape index (κ3) is 4.48. The minimum absolute atomic E-state index is 0.261. The molecule has 0 aliphatic carbocycles. The molecule has 0 fully saturated rings. The Labute approximate surface area is 178 Å². The highest BCUT2D eigenvalue weighted by Gasteiger charge is 2.27. The zero-order chi connectivity index (χ0) is 21.7. The van der Waals surface area contributed by atoms with Crippen molar-refractivity contribution in [3.05, 3.63) is 47.7 Å². The van der Waals surface area contributed by atoms with E-state index >= 15 is 0 Å². The lowest BCUT2D eigenvalue weighted by atomic mass is 9.91. The molecule has 3 aromatic heterocycles. The summed E-state index contributed by atoms with van der Waals surface area (Å²) in [6.07, 6.45) is 3.08. The number of pyridine rings is 1. The van der Waals surface area contributed by atoms with Crippen LogP contribution in [0.3, 0.4) is 0 Å². The van der Waals surface area contributed by atoms with Gasteiger partial charge in [-0.15, -0.1) is 14.6 Å². The van der Waals surface area contributed by atoms with E-state index in [2.05, 4.69) is 39.9 Å². The van der Waals surface area contributed by atoms with Crippen LogP contribution in [0, 0.1) is 6.57 Å². The Hall–Kier alpha value is -3.27. The van der Waals surface area contributed by atoms with Crippen LogP contribution in [0.15, 0.2) is 40.8 Å². The Bertz CT molecular complexity index is 1080. The van der Waals surface area contributed by atoms with Gasteiger partial charge in [0.15, 0.2) is 23.1 Å². The molecule has 3 heterocycles. The molecule has 0 saturated carbocycles. The van der Waals surface area contributed by atoms with E-state index in [1.54, 1.807) is 30.1 Å². The van der Waals surface area contributed by atoms with Crippen LogP contribution in [0.25, 0.3) is 10.7 Å². The van der Waals surface area contributed by atoms with Crippen molar-refractivity contribution in [2.75, 3.05) is 11.8 Å². The van der Waals surface area contributed by atoms with E-state index in [1.165, 1.54) is 18.0 Å². The summed E-state index contributed by atoms with van der Waals surface area (Å²) in [7, 11) is 3.19. The van der Waals surface area contributed by atoms with Gasteiger partial charge in [0.1, 0.15) is 12.2 Å². The Morgan fingerprint density at radius 3 is 2.70 bits per heavy atom. The highest BCUT2D eigenvalue weighted by molar-refractivity contribution is 7.95. The van der Waals surface area contributed by atoms with Crippen molar-refractivity contribution in [1.82, 2.24) is 24.5 Å². The number of aromatic nitrogens is 5. The van der Waals surface area contributed by atoms with Gasteiger partial charge in [0, 0.05) is 18.7 Å². The van der Waals surface area contributed by atoms with E-state index in [1.807, 2.05) is 26.8 Å². The minimum Gasteiger partial charge on any atom is -0.287 e. The van der Waals surface area contributed by atoms with Gasteiger partial charge >= 0.3 is 0 Å². The quantitative estimate of drug-likeness (QED) is 0.110. The van der Waals surface area contributed by atoms with E-state index in [0.29, 0.717) is 17.3 Å². The molecule has 0 atom stereocenters. The molecule has 3 rings (SSSR count). The summed E-state index contributed by atoms with van der Waals surface area (Å²) in [4.78, 5) is 12.4. The number of hydrogen-bond donors (Lipinski definition) is 1. The second kappa shape index (κ2) is 9.04. The Morgan fingerprint density at radius 1 is 1.27 bits per heavy atom. The van der Waals surface area contributed by atoms with Gasteiger partial charge in [-0.2, -0.15) is 10.2 Å². The van der Waals surface area contributed by atoms with Crippen LogP contribution in [0.1, 0.15) is 26.5 Å². The van der Waals surface area contributed by atoms with E-state index < -0.39 is 0 Å². The number of nitrogens with one attached hydrogen (secondary N) is 1. The molecule has 0 spiro atoms. The molecule has 0 aromatic carbocycles. The smallest absolute Gasteiger partial charge is 0.252 e. The van der Waals surface area contributed by atoms with E-state index in [0.717, 1.165) is 17.9 Å². The van der Waals surface area contributed by atoms with Gasteiger partial charge in [-0.05, 0) is 12.1 Å². The molecule has 0 aliphatic heterocycles. The van der Waals surface area contributed by atoms with Gasteiger partial charge in [-0.25, -0.2) is 24.1 Å². The number of hydrogen-bond acceptors (Lipinski definition) is 9. The lowest BCUT2D eigenvalue weighted by Crippen LogP contribution is -2.12. The first-order valence-corrected chi connectivity index (χ1v) is 9.59. The second-order valence-corrected chi connectivity index (χ2v) is 7.61. The standard InChI is InChI=1S/C18H21N9O2S/c1-18(2,3)15-14(17(26(5)24-15)25-30-29-28-6)22-23-16-12(19-4)11-21-27(16)13-9-7-8-10-20-13/h7-11,25H,1-3,5-6H3. The predicted molar refractivity (Wildman–Crippen MR) is 113 cm³/mol. The molecular weight excluding hydrogens is 406 g/mol. The highest BCUT2D eigenvalue weighted by atomic mass is 32.2. The maximum atomic E-state index is 7.43. The van der Waals surface area contributed by atoms with Crippen LogP contribution in [-0.2, 0) is 21.7 Å². The zero-order valence-electron chi connectivity index (χ0n) is 17.2. The third-order valence-corrected chi connectivity index (χ3v) is 4.41. The van der Waals surface area contributed by atoms with Crippen LogP contribution in [0.4, 0.5) is 23.0 Å². The zero-order valence-corrected chi connectivity index (χ0v) is 18.0. The van der Waals surface area contributed by atoms with Gasteiger partial charge in [0.05, 0.1) is 25.6 Å². The van der Waals surface area contributed by atoms with Crippen molar-refractivity contribution < 1.29 is 9.22 Å². The molecule has 156 valence electrons. The lowest BCUT2D eigenvalue weighted by Gasteiger charge is -2.15. The maximum absolute atomic E-state index is 7.43.